The lowest BCUT2D eigenvalue weighted by Gasteiger charge is -2.07. The number of carboxylic acid groups (broad SMARTS) is 1. The van der Waals surface area contributed by atoms with Crippen molar-refractivity contribution in [1.29, 1.82) is 5.26 Å². The predicted octanol–water partition coefficient (Wildman–Crippen LogP) is 3.63. The molecule has 1 N–H and O–H groups in total. The van der Waals surface area contributed by atoms with E-state index in [1.54, 1.807) is 6.07 Å². The van der Waals surface area contributed by atoms with Crippen LogP contribution in [0.3, 0.4) is 0 Å². The van der Waals surface area contributed by atoms with Crippen LogP contribution < -0.4 is 0 Å². The van der Waals surface area contributed by atoms with Gasteiger partial charge >= 0.3 is 5.97 Å². The van der Waals surface area contributed by atoms with E-state index in [1.807, 2.05) is 6.07 Å². The first-order chi connectivity index (χ1) is 9.01. The summed E-state index contributed by atoms with van der Waals surface area (Å²) in [7, 11) is 0. The van der Waals surface area contributed by atoms with Crippen LogP contribution in [0.1, 0.15) is 15.9 Å². The van der Waals surface area contributed by atoms with Gasteiger partial charge < -0.3 is 5.11 Å². The first-order valence-corrected chi connectivity index (χ1v) is 5.88. The van der Waals surface area contributed by atoms with Gasteiger partial charge in [-0.05, 0) is 35.4 Å². The van der Waals surface area contributed by atoms with Crippen molar-refractivity contribution in [1.82, 2.24) is 4.98 Å². The lowest BCUT2D eigenvalue weighted by atomic mass is 9.98. The Kier molecular flexibility index (Phi) is 3.70. The van der Waals surface area contributed by atoms with E-state index >= 15 is 0 Å². The van der Waals surface area contributed by atoms with Crippen molar-refractivity contribution in [2.75, 3.05) is 0 Å². The van der Waals surface area contributed by atoms with Gasteiger partial charge in [0.15, 0.2) is 0 Å². The van der Waals surface area contributed by atoms with E-state index in [0.29, 0.717) is 11.1 Å². The molecule has 0 unspecified atom stereocenters. The van der Waals surface area contributed by atoms with Crippen LogP contribution in [0.4, 0.5) is 0 Å². The molecule has 0 amide bonds. The second kappa shape index (κ2) is 5.27. The minimum atomic E-state index is -1.13. The topological polar surface area (TPSA) is 74.0 Å². The van der Waals surface area contributed by atoms with Gasteiger partial charge in [0, 0.05) is 0 Å². The molecule has 0 saturated carbocycles. The quantitative estimate of drug-likeness (QED) is 0.858. The van der Waals surface area contributed by atoms with Gasteiger partial charge in [0.05, 0.1) is 17.2 Å². The second-order valence-electron chi connectivity index (χ2n) is 3.68. The Bertz CT molecular complexity index is 688. The maximum absolute atomic E-state index is 11.2. The molecule has 0 aliphatic heterocycles. The molecule has 4 nitrogen and oxygen atoms in total. The number of aromatic nitrogens is 1. The number of nitriles is 1. The van der Waals surface area contributed by atoms with E-state index in [0.717, 1.165) is 0 Å². The SMILES string of the molecule is N#Cc1ccc(-c2cc(Cl)nc(Cl)c2)c(C(=O)O)c1. The van der Waals surface area contributed by atoms with Crippen molar-refractivity contribution < 1.29 is 9.90 Å². The lowest BCUT2D eigenvalue weighted by molar-refractivity contribution is 0.0697. The molecule has 2 aromatic rings. The molecule has 0 aliphatic carbocycles. The van der Waals surface area contributed by atoms with Crippen molar-refractivity contribution >= 4 is 29.2 Å². The maximum atomic E-state index is 11.2. The highest BCUT2D eigenvalue weighted by atomic mass is 35.5. The first kappa shape index (κ1) is 13.3. The number of aromatic carboxylic acids is 1. The maximum Gasteiger partial charge on any atom is 0.336 e. The first-order valence-electron chi connectivity index (χ1n) is 5.12. The van der Waals surface area contributed by atoms with Gasteiger partial charge in [0.25, 0.3) is 0 Å². The van der Waals surface area contributed by atoms with Crippen LogP contribution in [-0.4, -0.2) is 16.1 Å². The number of halogens is 2. The molecular formula is C13H6Cl2N2O2. The molecule has 0 fully saturated rings. The lowest BCUT2D eigenvalue weighted by Crippen LogP contribution is -2.00. The third-order valence-electron chi connectivity index (χ3n) is 2.45. The van der Waals surface area contributed by atoms with Crippen molar-refractivity contribution in [3.8, 4) is 17.2 Å². The Balaban J connectivity index is 2.68. The summed E-state index contributed by atoms with van der Waals surface area (Å²) in [5.41, 5.74) is 1.24. The minimum Gasteiger partial charge on any atom is -0.478 e. The fourth-order valence-corrected chi connectivity index (χ4v) is 2.12. The van der Waals surface area contributed by atoms with E-state index in [1.165, 1.54) is 24.3 Å². The van der Waals surface area contributed by atoms with Crippen LogP contribution >= 0.6 is 23.2 Å². The molecule has 1 aromatic carbocycles. The summed E-state index contributed by atoms with van der Waals surface area (Å²) in [5.74, 6) is -1.13. The van der Waals surface area contributed by atoms with Crippen molar-refractivity contribution in [3.05, 3.63) is 51.8 Å². The molecule has 0 spiro atoms. The van der Waals surface area contributed by atoms with Gasteiger partial charge in [-0.3, -0.25) is 0 Å². The standard InChI is InChI=1S/C13H6Cl2N2O2/c14-11-4-8(5-12(15)17-11)9-2-1-7(6-16)3-10(9)13(18)19/h1-5H,(H,18,19). The van der Waals surface area contributed by atoms with Crippen molar-refractivity contribution in [2.24, 2.45) is 0 Å². The Labute approximate surface area is 118 Å². The average Bonchev–Trinajstić information content (AvgIpc) is 2.36. The molecule has 2 rings (SSSR count). The van der Waals surface area contributed by atoms with Crippen LogP contribution in [0.25, 0.3) is 11.1 Å². The zero-order valence-corrected chi connectivity index (χ0v) is 10.9. The molecule has 1 heterocycles. The van der Waals surface area contributed by atoms with Gasteiger partial charge in [-0.1, -0.05) is 29.3 Å². The van der Waals surface area contributed by atoms with Crippen LogP contribution in [-0.2, 0) is 0 Å². The number of carbonyl (C=O) groups is 1. The highest BCUT2D eigenvalue weighted by Crippen LogP contribution is 2.28. The second-order valence-corrected chi connectivity index (χ2v) is 4.45. The number of carboxylic acids is 1. The van der Waals surface area contributed by atoms with E-state index in [4.69, 9.17) is 28.5 Å². The number of hydrogen-bond donors (Lipinski definition) is 1. The van der Waals surface area contributed by atoms with Crippen LogP contribution in [0, 0.1) is 11.3 Å². The Morgan fingerprint density at radius 2 is 1.84 bits per heavy atom. The summed E-state index contributed by atoms with van der Waals surface area (Å²) in [6.45, 7) is 0. The average molecular weight is 293 g/mol. The normalized spacial score (nSPS) is 9.95. The van der Waals surface area contributed by atoms with Crippen LogP contribution in [0.2, 0.25) is 10.3 Å². The third kappa shape index (κ3) is 2.84. The number of rotatable bonds is 2. The zero-order chi connectivity index (χ0) is 14.0. The molecule has 0 bridgehead atoms. The summed E-state index contributed by atoms with van der Waals surface area (Å²) in [5, 5.41) is 18.3. The number of hydrogen-bond acceptors (Lipinski definition) is 3. The molecule has 0 saturated heterocycles. The highest BCUT2D eigenvalue weighted by Gasteiger charge is 2.14. The molecule has 0 aliphatic rings. The highest BCUT2D eigenvalue weighted by molar-refractivity contribution is 6.32. The fraction of sp³-hybridized carbons (Fsp3) is 0. The van der Waals surface area contributed by atoms with E-state index < -0.39 is 5.97 Å². The Hall–Kier alpha value is -2.09. The largest absolute Gasteiger partial charge is 0.478 e. The van der Waals surface area contributed by atoms with Crippen molar-refractivity contribution in [2.45, 2.75) is 0 Å². The Morgan fingerprint density at radius 3 is 2.37 bits per heavy atom. The number of nitrogens with zero attached hydrogens (tertiary/aromatic N) is 2. The summed E-state index contributed by atoms with van der Waals surface area (Å²) < 4.78 is 0. The van der Waals surface area contributed by atoms with E-state index in [2.05, 4.69) is 4.98 Å². The molecular weight excluding hydrogens is 287 g/mol. The zero-order valence-electron chi connectivity index (χ0n) is 9.39. The summed E-state index contributed by atoms with van der Waals surface area (Å²) in [6, 6.07) is 9.31. The number of pyridine rings is 1. The molecule has 6 heteroatoms. The van der Waals surface area contributed by atoms with Crippen molar-refractivity contribution in [3.63, 3.8) is 0 Å². The summed E-state index contributed by atoms with van der Waals surface area (Å²) in [6.07, 6.45) is 0. The number of benzene rings is 1. The van der Waals surface area contributed by atoms with Crippen LogP contribution in [0.5, 0.6) is 0 Å². The van der Waals surface area contributed by atoms with Gasteiger partial charge in [0.1, 0.15) is 10.3 Å². The van der Waals surface area contributed by atoms with E-state index in [-0.39, 0.29) is 21.4 Å². The molecule has 0 radical (unpaired) electrons. The molecule has 0 atom stereocenters. The van der Waals surface area contributed by atoms with Gasteiger partial charge in [-0.15, -0.1) is 0 Å². The van der Waals surface area contributed by atoms with Gasteiger partial charge in [-0.25, -0.2) is 9.78 Å². The Morgan fingerprint density at radius 1 is 1.21 bits per heavy atom. The smallest absolute Gasteiger partial charge is 0.336 e. The predicted molar refractivity (Wildman–Crippen MR) is 71.4 cm³/mol. The summed E-state index contributed by atoms with van der Waals surface area (Å²) in [4.78, 5) is 15.0. The van der Waals surface area contributed by atoms with Gasteiger partial charge in [0.2, 0.25) is 0 Å². The van der Waals surface area contributed by atoms with Gasteiger partial charge in [-0.2, -0.15) is 5.26 Å². The van der Waals surface area contributed by atoms with Crippen LogP contribution in [0.15, 0.2) is 30.3 Å². The summed E-state index contributed by atoms with van der Waals surface area (Å²) >= 11 is 11.6. The third-order valence-corrected chi connectivity index (χ3v) is 2.84. The molecule has 1 aromatic heterocycles. The molecule has 94 valence electrons. The fourth-order valence-electron chi connectivity index (χ4n) is 1.66. The molecule has 19 heavy (non-hydrogen) atoms. The minimum absolute atomic E-state index is 0.0115. The monoisotopic (exact) mass is 292 g/mol. The van der Waals surface area contributed by atoms with E-state index in [9.17, 15) is 9.90 Å².